The van der Waals surface area contributed by atoms with E-state index in [1.807, 2.05) is 12.1 Å². The Morgan fingerprint density at radius 1 is 0.759 bits per heavy atom. The molecular formula is C26H27NO2. The average molecular weight is 386 g/mol. The smallest absolute Gasteiger partial charge is 0.119 e. The number of hydrogen-bond acceptors (Lipinski definition) is 3. The molecule has 0 amide bonds. The summed E-state index contributed by atoms with van der Waals surface area (Å²) in [5, 5.41) is 8.68. The van der Waals surface area contributed by atoms with Crippen LogP contribution in [0.3, 0.4) is 0 Å². The lowest BCUT2D eigenvalue weighted by Crippen LogP contribution is -2.21. The molecular weight excluding hydrogens is 358 g/mol. The number of ether oxygens (including phenoxy) is 2. The average Bonchev–Trinajstić information content (AvgIpc) is 2.78. The van der Waals surface area contributed by atoms with Crippen molar-refractivity contribution in [3.63, 3.8) is 0 Å². The quantitative estimate of drug-likeness (QED) is 0.429. The summed E-state index contributed by atoms with van der Waals surface area (Å²) in [6.07, 6.45) is 0.961. The maximum absolute atomic E-state index is 5.43. The van der Waals surface area contributed by atoms with E-state index in [0.29, 0.717) is 0 Å². The van der Waals surface area contributed by atoms with Gasteiger partial charge in [-0.25, -0.2) is 0 Å². The molecule has 4 aromatic rings. The molecule has 0 aliphatic carbocycles. The van der Waals surface area contributed by atoms with Crippen molar-refractivity contribution in [1.29, 1.82) is 0 Å². The van der Waals surface area contributed by atoms with Crippen molar-refractivity contribution in [2.75, 3.05) is 20.8 Å². The van der Waals surface area contributed by atoms with E-state index in [9.17, 15) is 0 Å². The van der Waals surface area contributed by atoms with Gasteiger partial charge >= 0.3 is 0 Å². The fourth-order valence-corrected chi connectivity index (χ4v) is 3.98. The molecule has 1 unspecified atom stereocenters. The minimum atomic E-state index is 0.246. The summed E-state index contributed by atoms with van der Waals surface area (Å²) >= 11 is 0. The molecule has 0 fully saturated rings. The van der Waals surface area contributed by atoms with Gasteiger partial charge in [0, 0.05) is 6.04 Å². The molecule has 4 aromatic carbocycles. The van der Waals surface area contributed by atoms with E-state index < -0.39 is 0 Å². The summed E-state index contributed by atoms with van der Waals surface area (Å²) in [5.74, 6) is 1.79. The minimum Gasteiger partial charge on any atom is -0.497 e. The first kappa shape index (κ1) is 19.3. The van der Waals surface area contributed by atoms with Crippen molar-refractivity contribution in [2.24, 2.45) is 0 Å². The van der Waals surface area contributed by atoms with Gasteiger partial charge in [0.1, 0.15) is 11.5 Å². The lowest BCUT2D eigenvalue weighted by molar-refractivity contribution is 0.415. The van der Waals surface area contributed by atoms with Gasteiger partial charge in [-0.1, -0.05) is 48.5 Å². The number of benzene rings is 4. The topological polar surface area (TPSA) is 30.5 Å². The highest BCUT2D eigenvalue weighted by Crippen LogP contribution is 2.28. The Labute approximate surface area is 172 Å². The van der Waals surface area contributed by atoms with Crippen molar-refractivity contribution in [3.05, 3.63) is 83.9 Å². The van der Waals surface area contributed by atoms with Gasteiger partial charge in [0.2, 0.25) is 0 Å². The van der Waals surface area contributed by atoms with Crippen LogP contribution in [-0.2, 0) is 6.42 Å². The zero-order chi connectivity index (χ0) is 20.2. The van der Waals surface area contributed by atoms with Crippen molar-refractivity contribution in [3.8, 4) is 11.5 Å². The van der Waals surface area contributed by atoms with Crippen LogP contribution in [0.4, 0.5) is 0 Å². The summed E-state index contributed by atoms with van der Waals surface area (Å²) in [5.41, 5.74) is 2.63. The van der Waals surface area contributed by atoms with E-state index in [1.165, 1.54) is 32.7 Å². The standard InChI is InChI=1S/C26H27NO2/c1-18(24-9-5-8-20-11-13-23(29-3)17-26(20)24)27-15-14-21-7-4-6-19-10-12-22(28-2)16-25(19)21/h4-13,16-18,27H,14-15H2,1-3H3. The summed E-state index contributed by atoms with van der Waals surface area (Å²) in [6.45, 7) is 3.12. The number of rotatable bonds is 7. The third-order valence-corrected chi connectivity index (χ3v) is 5.61. The Balaban J connectivity index is 1.52. The molecule has 29 heavy (non-hydrogen) atoms. The maximum Gasteiger partial charge on any atom is 0.119 e. The van der Waals surface area contributed by atoms with Crippen LogP contribution < -0.4 is 14.8 Å². The first-order chi connectivity index (χ1) is 14.2. The van der Waals surface area contributed by atoms with E-state index in [2.05, 4.69) is 72.9 Å². The molecule has 4 rings (SSSR count). The zero-order valence-electron chi connectivity index (χ0n) is 17.2. The van der Waals surface area contributed by atoms with Crippen molar-refractivity contribution >= 4 is 21.5 Å². The summed E-state index contributed by atoms with van der Waals surface area (Å²) in [4.78, 5) is 0. The van der Waals surface area contributed by atoms with Crippen LogP contribution in [0.2, 0.25) is 0 Å². The lowest BCUT2D eigenvalue weighted by Gasteiger charge is -2.17. The van der Waals surface area contributed by atoms with Crippen molar-refractivity contribution in [1.82, 2.24) is 5.32 Å². The van der Waals surface area contributed by atoms with Crippen molar-refractivity contribution < 1.29 is 9.47 Å². The molecule has 3 nitrogen and oxygen atoms in total. The summed E-state index contributed by atoms with van der Waals surface area (Å²) in [6, 6.07) is 25.7. The summed E-state index contributed by atoms with van der Waals surface area (Å²) in [7, 11) is 3.43. The summed E-state index contributed by atoms with van der Waals surface area (Å²) < 4.78 is 10.8. The van der Waals surface area contributed by atoms with Crippen LogP contribution in [0.5, 0.6) is 11.5 Å². The molecule has 0 aliphatic rings. The third-order valence-electron chi connectivity index (χ3n) is 5.61. The normalized spacial score (nSPS) is 12.2. The largest absolute Gasteiger partial charge is 0.497 e. The molecule has 0 bridgehead atoms. The molecule has 0 radical (unpaired) electrons. The van der Waals surface area contributed by atoms with E-state index in [4.69, 9.17) is 9.47 Å². The van der Waals surface area contributed by atoms with E-state index in [0.717, 1.165) is 24.5 Å². The molecule has 1 atom stereocenters. The molecule has 0 aliphatic heterocycles. The fourth-order valence-electron chi connectivity index (χ4n) is 3.98. The Hall–Kier alpha value is -3.04. The molecule has 3 heteroatoms. The molecule has 0 heterocycles. The Bertz CT molecular complexity index is 1140. The Morgan fingerprint density at radius 3 is 2.07 bits per heavy atom. The molecule has 0 aromatic heterocycles. The highest BCUT2D eigenvalue weighted by atomic mass is 16.5. The molecule has 148 valence electrons. The molecule has 0 saturated heterocycles. The van der Waals surface area contributed by atoms with E-state index in [-0.39, 0.29) is 6.04 Å². The van der Waals surface area contributed by atoms with E-state index in [1.54, 1.807) is 14.2 Å². The number of hydrogen-bond donors (Lipinski definition) is 1. The maximum atomic E-state index is 5.43. The monoisotopic (exact) mass is 385 g/mol. The predicted molar refractivity (Wildman–Crippen MR) is 121 cm³/mol. The first-order valence-corrected chi connectivity index (χ1v) is 10.1. The number of nitrogens with one attached hydrogen (secondary N) is 1. The number of methoxy groups -OCH3 is 2. The fraction of sp³-hybridized carbons (Fsp3) is 0.231. The Kier molecular flexibility index (Phi) is 5.68. The van der Waals surface area contributed by atoms with Gasteiger partial charge in [-0.3, -0.25) is 0 Å². The molecule has 1 N–H and O–H groups in total. The third kappa shape index (κ3) is 4.06. The van der Waals surface area contributed by atoms with Gasteiger partial charge < -0.3 is 14.8 Å². The van der Waals surface area contributed by atoms with Crippen LogP contribution in [0.15, 0.2) is 72.8 Å². The van der Waals surface area contributed by atoms with Gasteiger partial charge in [0.15, 0.2) is 0 Å². The minimum absolute atomic E-state index is 0.246. The second-order valence-electron chi connectivity index (χ2n) is 7.36. The first-order valence-electron chi connectivity index (χ1n) is 10.1. The zero-order valence-corrected chi connectivity index (χ0v) is 17.2. The van der Waals surface area contributed by atoms with Crippen LogP contribution in [0.25, 0.3) is 21.5 Å². The SMILES string of the molecule is COc1ccc2cccc(CCNC(C)c3cccc4ccc(OC)cc34)c2c1. The van der Waals surface area contributed by atoms with Gasteiger partial charge in [0.25, 0.3) is 0 Å². The van der Waals surface area contributed by atoms with Gasteiger partial charge in [-0.2, -0.15) is 0 Å². The van der Waals surface area contributed by atoms with E-state index >= 15 is 0 Å². The Morgan fingerprint density at radius 2 is 1.38 bits per heavy atom. The highest BCUT2D eigenvalue weighted by molar-refractivity contribution is 5.88. The lowest BCUT2D eigenvalue weighted by atomic mass is 9.98. The molecule has 0 spiro atoms. The highest BCUT2D eigenvalue weighted by Gasteiger charge is 2.10. The van der Waals surface area contributed by atoms with Gasteiger partial charge in [0.05, 0.1) is 14.2 Å². The van der Waals surface area contributed by atoms with Gasteiger partial charge in [-0.15, -0.1) is 0 Å². The van der Waals surface area contributed by atoms with Crippen LogP contribution in [-0.4, -0.2) is 20.8 Å². The van der Waals surface area contributed by atoms with Crippen LogP contribution >= 0.6 is 0 Å². The molecule has 0 saturated carbocycles. The van der Waals surface area contributed by atoms with Crippen LogP contribution in [0, 0.1) is 0 Å². The number of fused-ring (bicyclic) bond motifs is 2. The van der Waals surface area contributed by atoms with Crippen LogP contribution in [0.1, 0.15) is 24.1 Å². The van der Waals surface area contributed by atoms with Crippen molar-refractivity contribution in [2.45, 2.75) is 19.4 Å². The van der Waals surface area contributed by atoms with Gasteiger partial charge in [-0.05, 0) is 76.8 Å². The second-order valence-corrected chi connectivity index (χ2v) is 7.36. The predicted octanol–water partition coefficient (Wildman–Crippen LogP) is 5.90. The second kappa shape index (κ2) is 8.54.